The molecule has 4 aliphatic heterocycles. The van der Waals surface area contributed by atoms with Crippen molar-refractivity contribution in [1.82, 2.24) is 34.0 Å². The SMILES string of the molecule is Cc1c(Cl)c2c(Cl)c(C)c1-c1c(-c3ccc(F)cc3)sc3ncnc(c13)O[C@@H](C(=O)O)c1cc(ccc1OCc1ccnc(-c3cccc(S(=O)(=O)N4CCOCC4)c3)n1)OC[C@@H](CN1CCN(C)CC1)O2. The minimum Gasteiger partial charge on any atom is -0.490 e. The Labute approximate surface area is 428 Å². The fraction of sp³-hybridized carbons (Fsp3) is 0.314. The van der Waals surface area contributed by atoms with Crippen LogP contribution in [0.2, 0.25) is 10.0 Å². The largest absolute Gasteiger partial charge is 0.490 e. The summed E-state index contributed by atoms with van der Waals surface area (Å²) in [6, 6.07) is 18.9. The summed E-state index contributed by atoms with van der Waals surface area (Å²) in [5.74, 6) is -0.864. The van der Waals surface area contributed by atoms with Crippen LogP contribution in [0.5, 0.6) is 23.1 Å². The van der Waals surface area contributed by atoms with E-state index in [4.69, 9.17) is 51.9 Å². The van der Waals surface area contributed by atoms with Gasteiger partial charge in [0.2, 0.25) is 22.0 Å². The smallest absolute Gasteiger partial charge is 0.349 e. The summed E-state index contributed by atoms with van der Waals surface area (Å²) < 4.78 is 74.5. The number of aromatic nitrogens is 4. The maximum absolute atomic E-state index is 14.4. The minimum atomic E-state index is -3.80. The van der Waals surface area contributed by atoms with E-state index in [2.05, 4.69) is 31.8 Å². The molecule has 0 unspecified atom stereocenters. The van der Waals surface area contributed by atoms with Crippen molar-refractivity contribution < 1.29 is 46.4 Å². The van der Waals surface area contributed by atoms with E-state index < -0.39 is 34.0 Å². The molecule has 11 rings (SSSR count). The summed E-state index contributed by atoms with van der Waals surface area (Å²) in [6.07, 6.45) is 0.494. The molecule has 0 saturated carbocycles. The number of fused-ring (bicyclic) bond motifs is 6. The number of morpholine rings is 1. The van der Waals surface area contributed by atoms with Gasteiger partial charge in [-0.25, -0.2) is 37.5 Å². The lowest BCUT2D eigenvalue weighted by Gasteiger charge is -2.35. The van der Waals surface area contributed by atoms with Crippen LogP contribution in [0.4, 0.5) is 4.39 Å². The van der Waals surface area contributed by atoms with Gasteiger partial charge in [-0.1, -0.05) is 47.5 Å². The second-order valence-electron chi connectivity index (χ2n) is 17.6. The zero-order valence-electron chi connectivity index (χ0n) is 39.3. The number of sulfonamides is 1. The maximum atomic E-state index is 14.4. The van der Waals surface area contributed by atoms with Gasteiger partial charge in [-0.05, 0) is 91.7 Å². The lowest BCUT2D eigenvalue weighted by atomic mass is 9.92. The van der Waals surface area contributed by atoms with E-state index in [1.165, 1.54) is 52.4 Å². The third kappa shape index (κ3) is 10.0. The first-order valence-corrected chi connectivity index (χ1v) is 26.1. The minimum absolute atomic E-state index is 0.0195. The van der Waals surface area contributed by atoms with Crippen molar-refractivity contribution in [3.63, 3.8) is 0 Å². The van der Waals surface area contributed by atoms with E-state index in [-0.39, 0.29) is 70.0 Å². The van der Waals surface area contributed by atoms with Gasteiger partial charge >= 0.3 is 5.97 Å². The number of carboxylic acids is 1. The fourth-order valence-electron chi connectivity index (χ4n) is 9.06. The van der Waals surface area contributed by atoms with Gasteiger partial charge in [0.15, 0.2) is 11.6 Å². The molecule has 1 N–H and O–H groups in total. The number of thiophene rings is 1. The molecule has 0 spiro atoms. The van der Waals surface area contributed by atoms with E-state index in [1.54, 1.807) is 48.5 Å². The molecule has 2 fully saturated rings. The average molecular weight is 1060 g/mol. The van der Waals surface area contributed by atoms with Crippen LogP contribution in [0, 0.1) is 19.7 Å². The Morgan fingerprint density at radius 2 is 1.64 bits per heavy atom. The molecule has 16 nitrogen and oxygen atoms in total. The molecule has 374 valence electrons. The highest BCUT2D eigenvalue weighted by Gasteiger charge is 2.34. The number of carbonyl (C=O) groups is 1. The van der Waals surface area contributed by atoms with Gasteiger partial charge in [-0.3, -0.25) is 4.90 Å². The summed E-state index contributed by atoms with van der Waals surface area (Å²) >= 11 is 15.9. The Balaban J connectivity index is 1.06. The first-order valence-electron chi connectivity index (χ1n) is 23.1. The van der Waals surface area contributed by atoms with Crippen LogP contribution in [-0.4, -0.2) is 132 Å². The number of carboxylic acid groups (broad SMARTS) is 1. The quantitative estimate of drug-likeness (QED) is 0.137. The number of ether oxygens (including phenoxy) is 5. The summed E-state index contributed by atoms with van der Waals surface area (Å²) in [5.41, 5.74) is 4.06. The van der Waals surface area contributed by atoms with E-state index in [0.717, 1.165) is 26.2 Å². The molecular weight excluding hydrogens is 1010 g/mol. The molecule has 7 aromatic rings. The molecule has 4 bridgehead atoms. The highest BCUT2D eigenvalue weighted by atomic mass is 35.5. The highest BCUT2D eigenvalue weighted by Crippen LogP contribution is 2.53. The summed E-state index contributed by atoms with van der Waals surface area (Å²) in [7, 11) is -1.72. The number of benzene rings is 4. The summed E-state index contributed by atoms with van der Waals surface area (Å²) in [4.78, 5) is 37.8. The monoisotopic (exact) mass is 1060 g/mol. The number of halogens is 3. The van der Waals surface area contributed by atoms with Crippen molar-refractivity contribution >= 4 is 60.7 Å². The Kier molecular flexibility index (Phi) is 14.3. The van der Waals surface area contributed by atoms with Gasteiger partial charge < -0.3 is 33.7 Å². The van der Waals surface area contributed by atoms with Crippen molar-refractivity contribution in [2.75, 3.05) is 72.7 Å². The topological polar surface area (TPSA) is 179 Å². The van der Waals surface area contributed by atoms with E-state index in [1.807, 2.05) is 13.8 Å². The Morgan fingerprint density at radius 3 is 2.38 bits per heavy atom. The van der Waals surface area contributed by atoms with Crippen molar-refractivity contribution in [2.45, 2.75) is 37.6 Å². The first kappa shape index (κ1) is 49.5. The maximum Gasteiger partial charge on any atom is 0.349 e. The van der Waals surface area contributed by atoms with Crippen LogP contribution >= 0.6 is 34.5 Å². The molecule has 3 aromatic heterocycles. The molecule has 4 aromatic carbocycles. The number of hydrogen-bond donors (Lipinski definition) is 1. The molecule has 2 atom stereocenters. The molecule has 0 amide bonds. The van der Waals surface area contributed by atoms with Crippen LogP contribution in [0.1, 0.15) is 28.5 Å². The zero-order valence-corrected chi connectivity index (χ0v) is 42.5. The normalized spacial score (nSPS) is 18.1. The van der Waals surface area contributed by atoms with E-state index >= 15 is 0 Å². The van der Waals surface area contributed by atoms with E-state index in [0.29, 0.717) is 79.7 Å². The van der Waals surface area contributed by atoms with Crippen LogP contribution in [0.25, 0.3) is 43.2 Å². The molecule has 72 heavy (non-hydrogen) atoms. The zero-order chi connectivity index (χ0) is 50.3. The van der Waals surface area contributed by atoms with Gasteiger partial charge in [0.05, 0.1) is 39.2 Å². The number of nitrogens with zero attached hydrogens (tertiary/aromatic N) is 7. The molecule has 4 aliphatic rings. The third-order valence-electron chi connectivity index (χ3n) is 12.9. The van der Waals surface area contributed by atoms with Gasteiger partial charge in [-0.15, -0.1) is 11.3 Å². The van der Waals surface area contributed by atoms with Crippen LogP contribution in [-0.2, 0) is 26.2 Å². The van der Waals surface area contributed by atoms with Gasteiger partial charge in [-0.2, -0.15) is 4.31 Å². The Morgan fingerprint density at radius 1 is 0.889 bits per heavy atom. The number of likely N-dealkylation sites (N-methyl/N-ethyl adjacent to an activating group) is 1. The first-order chi connectivity index (χ1) is 34.7. The summed E-state index contributed by atoms with van der Waals surface area (Å²) in [5, 5.41) is 12.1. The second-order valence-corrected chi connectivity index (χ2v) is 21.3. The van der Waals surface area contributed by atoms with Crippen molar-refractivity contribution in [3.05, 3.63) is 124 Å². The third-order valence-corrected chi connectivity index (χ3v) is 16.9. The van der Waals surface area contributed by atoms with Crippen molar-refractivity contribution in [1.29, 1.82) is 0 Å². The molecule has 21 heteroatoms. The van der Waals surface area contributed by atoms with Crippen LogP contribution in [0.3, 0.4) is 0 Å². The van der Waals surface area contributed by atoms with Gasteiger partial charge in [0.1, 0.15) is 47.8 Å². The van der Waals surface area contributed by atoms with Gasteiger partial charge in [0, 0.05) is 73.6 Å². The Bertz CT molecular complexity index is 3270. The molecule has 7 heterocycles. The number of hydrogen-bond acceptors (Lipinski definition) is 15. The number of piperazine rings is 1. The predicted octanol–water partition coefficient (Wildman–Crippen LogP) is 8.74. The predicted molar refractivity (Wildman–Crippen MR) is 270 cm³/mol. The molecule has 2 saturated heterocycles. The lowest BCUT2D eigenvalue weighted by molar-refractivity contribution is -0.145. The number of rotatable bonds is 10. The van der Waals surface area contributed by atoms with Crippen molar-refractivity contribution in [3.8, 4) is 56.1 Å². The number of aliphatic carboxylic acids is 1. The second kappa shape index (κ2) is 20.8. The highest BCUT2D eigenvalue weighted by molar-refractivity contribution is 7.89. The van der Waals surface area contributed by atoms with Gasteiger partial charge in [0.25, 0.3) is 0 Å². The summed E-state index contributed by atoms with van der Waals surface area (Å²) in [6.45, 7) is 8.49. The standard InChI is InChI=1S/C51H48Cl2FN7O9S2/c1-29-40-30(2)44(53)46(43(29)52)69-36(25-60-17-15-59(3)16-18-60)27-67-35-11-12-39(68-26-34-13-14-55-48(58-34)32-5-4-6-37(23-32)72(64,65)61-19-21-66-22-20-61)38(24-35)45(51(62)63)70-49-42-41(40)47(71-50(42)57-28-56-49)31-7-9-33(54)10-8-31/h4-14,23-24,28,36,45H,15-22,25-27H2,1-3H3,(H,62,63)/t36-,45-/m1/s1. The van der Waals surface area contributed by atoms with E-state index in [9.17, 15) is 22.7 Å². The fourth-order valence-corrected chi connectivity index (χ4v) is 12.2. The average Bonchev–Trinajstić information content (AvgIpc) is 3.78. The van der Waals surface area contributed by atoms with Crippen molar-refractivity contribution in [2.24, 2.45) is 0 Å². The molecular formula is C51H48Cl2FN7O9S2. The lowest BCUT2D eigenvalue weighted by Crippen LogP contribution is -2.49. The Hall–Kier alpha value is -6.03. The van der Waals surface area contributed by atoms with Crippen LogP contribution in [0.15, 0.2) is 90.2 Å². The van der Waals surface area contributed by atoms with Crippen LogP contribution < -0.4 is 18.9 Å². The molecule has 0 radical (unpaired) electrons. The molecule has 0 aliphatic carbocycles.